The molecule has 0 N–H and O–H groups in total. The maximum Gasteiger partial charge on any atom is 0.159 e. The second-order valence-corrected chi connectivity index (χ2v) is 4.20. The van der Waals surface area contributed by atoms with Crippen molar-refractivity contribution in [2.75, 3.05) is 13.7 Å². The van der Waals surface area contributed by atoms with Crippen LogP contribution in [0.4, 0.5) is 0 Å². The first-order valence-electron chi connectivity index (χ1n) is 5.94. The molecule has 0 aromatic carbocycles. The van der Waals surface area contributed by atoms with Crippen LogP contribution in [0.3, 0.4) is 0 Å². The van der Waals surface area contributed by atoms with Crippen LogP contribution in [0, 0.1) is 5.92 Å². The molecule has 1 rings (SSSR count). The van der Waals surface area contributed by atoms with Gasteiger partial charge in [-0.25, -0.2) is 0 Å². The normalized spacial score (nSPS) is 26.5. The third-order valence-corrected chi connectivity index (χ3v) is 2.94. The summed E-state index contributed by atoms with van der Waals surface area (Å²) < 4.78 is 10.8. The fourth-order valence-electron chi connectivity index (χ4n) is 2.11. The maximum absolute atomic E-state index is 11.4. The molecule has 15 heavy (non-hydrogen) atoms. The largest absolute Gasteiger partial charge is 0.356 e. The van der Waals surface area contributed by atoms with Crippen molar-refractivity contribution in [2.24, 2.45) is 5.92 Å². The predicted molar refractivity (Wildman–Crippen MR) is 58.6 cm³/mol. The summed E-state index contributed by atoms with van der Waals surface area (Å²) in [6, 6.07) is 0. The molecule has 0 aromatic rings. The Balaban J connectivity index is 2.26. The molecule has 1 aliphatic rings. The third-order valence-electron chi connectivity index (χ3n) is 2.94. The van der Waals surface area contributed by atoms with Crippen LogP contribution in [0.2, 0.25) is 0 Å². The summed E-state index contributed by atoms with van der Waals surface area (Å²) in [7, 11) is 1.68. The van der Waals surface area contributed by atoms with Gasteiger partial charge in [0, 0.05) is 32.5 Å². The van der Waals surface area contributed by atoms with Crippen LogP contribution >= 0.6 is 0 Å². The number of hydrogen-bond acceptors (Lipinski definition) is 3. The highest BCUT2D eigenvalue weighted by molar-refractivity contribution is 5.78. The van der Waals surface area contributed by atoms with Gasteiger partial charge >= 0.3 is 0 Å². The van der Waals surface area contributed by atoms with Crippen LogP contribution in [0.15, 0.2) is 0 Å². The Hall–Kier alpha value is -0.410. The minimum absolute atomic E-state index is 0.0897. The number of Topliss-reactive ketones (excluding diaryl/α,β-unsaturated/α-hetero) is 1. The molecule has 0 radical (unpaired) electrons. The van der Waals surface area contributed by atoms with Gasteiger partial charge in [-0.05, 0) is 25.7 Å². The van der Waals surface area contributed by atoms with E-state index in [-0.39, 0.29) is 6.29 Å². The van der Waals surface area contributed by atoms with E-state index in [9.17, 15) is 4.79 Å². The molecule has 0 saturated carbocycles. The molecule has 88 valence electrons. The Labute approximate surface area is 92.1 Å². The van der Waals surface area contributed by atoms with Crippen LogP contribution in [0.25, 0.3) is 0 Å². The SMILES string of the molecule is CCCC(=O)CCC1CCCOC1OC. The fourth-order valence-corrected chi connectivity index (χ4v) is 2.11. The van der Waals surface area contributed by atoms with Crippen molar-refractivity contribution in [1.82, 2.24) is 0 Å². The molecule has 2 unspecified atom stereocenters. The van der Waals surface area contributed by atoms with Gasteiger partial charge in [-0.1, -0.05) is 6.92 Å². The molecule has 0 bridgehead atoms. The second kappa shape index (κ2) is 6.96. The standard InChI is InChI=1S/C12H22O3/c1-3-5-11(13)8-7-10-6-4-9-15-12(10)14-2/h10,12H,3-9H2,1-2H3. The van der Waals surface area contributed by atoms with Crippen LogP contribution in [0.1, 0.15) is 45.4 Å². The fraction of sp³-hybridized carbons (Fsp3) is 0.917. The zero-order chi connectivity index (χ0) is 11.1. The lowest BCUT2D eigenvalue weighted by Gasteiger charge is -2.30. The number of methoxy groups -OCH3 is 1. The predicted octanol–water partition coefficient (Wildman–Crippen LogP) is 2.53. The molecule has 3 heteroatoms. The van der Waals surface area contributed by atoms with Gasteiger partial charge in [0.25, 0.3) is 0 Å². The molecule has 2 atom stereocenters. The molecule has 1 saturated heterocycles. The van der Waals surface area contributed by atoms with Gasteiger partial charge in [0.2, 0.25) is 0 Å². The summed E-state index contributed by atoms with van der Waals surface area (Å²) in [6.45, 7) is 2.83. The van der Waals surface area contributed by atoms with Crippen molar-refractivity contribution < 1.29 is 14.3 Å². The van der Waals surface area contributed by atoms with E-state index in [1.54, 1.807) is 7.11 Å². The van der Waals surface area contributed by atoms with Crippen molar-refractivity contribution in [1.29, 1.82) is 0 Å². The molecule has 3 nitrogen and oxygen atoms in total. The third kappa shape index (κ3) is 4.31. The molecule has 0 amide bonds. The van der Waals surface area contributed by atoms with Crippen LogP contribution < -0.4 is 0 Å². The van der Waals surface area contributed by atoms with E-state index in [4.69, 9.17) is 9.47 Å². The zero-order valence-electron chi connectivity index (χ0n) is 9.83. The van der Waals surface area contributed by atoms with Crippen molar-refractivity contribution in [2.45, 2.75) is 51.7 Å². The Morgan fingerprint density at radius 3 is 2.93 bits per heavy atom. The van der Waals surface area contributed by atoms with Crippen molar-refractivity contribution in [3.8, 4) is 0 Å². The number of ether oxygens (including phenoxy) is 2. The van der Waals surface area contributed by atoms with Gasteiger partial charge in [0.1, 0.15) is 5.78 Å². The first kappa shape index (κ1) is 12.7. The van der Waals surface area contributed by atoms with E-state index in [2.05, 4.69) is 0 Å². The van der Waals surface area contributed by atoms with Gasteiger partial charge in [-0.3, -0.25) is 4.79 Å². The number of ketones is 1. The molecule has 1 aliphatic heterocycles. The first-order chi connectivity index (χ1) is 7.27. The maximum atomic E-state index is 11.4. The van der Waals surface area contributed by atoms with Crippen LogP contribution in [0.5, 0.6) is 0 Å². The number of hydrogen-bond donors (Lipinski definition) is 0. The van der Waals surface area contributed by atoms with Gasteiger partial charge < -0.3 is 9.47 Å². The molecular formula is C12H22O3. The highest BCUT2D eigenvalue weighted by atomic mass is 16.7. The monoisotopic (exact) mass is 214 g/mol. The van der Waals surface area contributed by atoms with Crippen molar-refractivity contribution in [3.05, 3.63) is 0 Å². The van der Waals surface area contributed by atoms with E-state index in [1.165, 1.54) is 0 Å². The van der Waals surface area contributed by atoms with E-state index < -0.39 is 0 Å². The smallest absolute Gasteiger partial charge is 0.159 e. The second-order valence-electron chi connectivity index (χ2n) is 4.20. The average molecular weight is 214 g/mol. The topological polar surface area (TPSA) is 35.5 Å². The van der Waals surface area contributed by atoms with Crippen LogP contribution in [-0.2, 0) is 14.3 Å². The lowest BCUT2D eigenvalue weighted by atomic mass is 9.93. The van der Waals surface area contributed by atoms with E-state index in [0.29, 0.717) is 24.5 Å². The molecule has 1 heterocycles. The minimum atomic E-state index is -0.0897. The Bertz CT molecular complexity index is 191. The molecular weight excluding hydrogens is 192 g/mol. The summed E-state index contributed by atoms with van der Waals surface area (Å²) in [5.41, 5.74) is 0. The van der Waals surface area contributed by atoms with Gasteiger partial charge in [0.05, 0.1) is 0 Å². The summed E-state index contributed by atoms with van der Waals surface area (Å²) in [5, 5.41) is 0. The Morgan fingerprint density at radius 1 is 1.47 bits per heavy atom. The molecule has 1 fully saturated rings. The van der Waals surface area contributed by atoms with Gasteiger partial charge in [-0.2, -0.15) is 0 Å². The lowest BCUT2D eigenvalue weighted by molar-refractivity contribution is -0.179. The summed E-state index contributed by atoms with van der Waals surface area (Å²) in [6.07, 6.45) is 5.38. The van der Waals surface area contributed by atoms with Gasteiger partial charge in [0.15, 0.2) is 6.29 Å². The molecule has 0 aromatic heterocycles. The quantitative estimate of drug-likeness (QED) is 0.681. The molecule has 0 spiro atoms. The van der Waals surface area contributed by atoms with E-state index in [1.807, 2.05) is 6.92 Å². The highest BCUT2D eigenvalue weighted by Gasteiger charge is 2.25. The Kier molecular flexibility index (Phi) is 5.88. The van der Waals surface area contributed by atoms with Crippen molar-refractivity contribution in [3.63, 3.8) is 0 Å². The highest BCUT2D eigenvalue weighted by Crippen LogP contribution is 2.25. The lowest BCUT2D eigenvalue weighted by Crippen LogP contribution is -2.31. The Morgan fingerprint density at radius 2 is 2.27 bits per heavy atom. The zero-order valence-corrected chi connectivity index (χ0v) is 9.83. The van der Waals surface area contributed by atoms with E-state index >= 15 is 0 Å². The van der Waals surface area contributed by atoms with Gasteiger partial charge in [-0.15, -0.1) is 0 Å². The minimum Gasteiger partial charge on any atom is -0.356 e. The van der Waals surface area contributed by atoms with Crippen molar-refractivity contribution >= 4 is 5.78 Å². The summed E-state index contributed by atoms with van der Waals surface area (Å²) in [4.78, 5) is 11.4. The molecule has 0 aliphatic carbocycles. The van der Waals surface area contributed by atoms with E-state index in [0.717, 1.165) is 32.3 Å². The number of carbonyl (C=O) groups is 1. The number of rotatable bonds is 6. The first-order valence-corrected chi connectivity index (χ1v) is 5.94. The average Bonchev–Trinajstić information content (AvgIpc) is 2.27. The number of carbonyl (C=O) groups excluding carboxylic acids is 1. The van der Waals surface area contributed by atoms with Crippen LogP contribution in [-0.4, -0.2) is 25.8 Å². The summed E-state index contributed by atoms with van der Waals surface area (Å²) in [5.74, 6) is 0.780. The summed E-state index contributed by atoms with van der Waals surface area (Å²) >= 11 is 0.